The zero-order chi connectivity index (χ0) is 19.4. The van der Waals surface area contributed by atoms with Gasteiger partial charge in [0.25, 0.3) is 0 Å². The maximum atomic E-state index is 12.7. The van der Waals surface area contributed by atoms with Gasteiger partial charge in [-0.25, -0.2) is 9.59 Å². The number of rotatable bonds is 4. The molecule has 0 bridgehead atoms. The van der Waals surface area contributed by atoms with Crippen molar-refractivity contribution >= 4 is 11.9 Å². The van der Waals surface area contributed by atoms with E-state index in [0.29, 0.717) is 11.1 Å². The van der Waals surface area contributed by atoms with Gasteiger partial charge in [-0.2, -0.15) is 5.26 Å². The molecule has 2 rings (SSSR count). The lowest BCUT2D eigenvalue weighted by atomic mass is 9.82. The zero-order valence-electron chi connectivity index (χ0n) is 15.0. The molecule has 1 aliphatic rings. The summed E-state index contributed by atoms with van der Waals surface area (Å²) in [6.45, 7) is 5.02. The van der Waals surface area contributed by atoms with Crippen LogP contribution < -0.4 is 5.73 Å². The number of allylic oxidation sites excluding steroid dienone is 1. The molecule has 0 spiro atoms. The number of esters is 2. The fourth-order valence-corrected chi connectivity index (χ4v) is 2.72. The van der Waals surface area contributed by atoms with Crippen LogP contribution in [0, 0.1) is 11.3 Å². The van der Waals surface area contributed by atoms with Gasteiger partial charge >= 0.3 is 11.9 Å². The number of carbonyl (C=O) groups excluding carboxylic acids is 2. The third-order valence-corrected chi connectivity index (χ3v) is 3.83. The lowest BCUT2D eigenvalue weighted by Crippen LogP contribution is -2.30. The topological polar surface area (TPSA) is 112 Å². The van der Waals surface area contributed by atoms with Crippen molar-refractivity contribution in [1.82, 2.24) is 0 Å². The van der Waals surface area contributed by atoms with E-state index in [1.54, 1.807) is 45.0 Å². The molecule has 1 aliphatic heterocycles. The molecule has 0 radical (unpaired) electrons. The van der Waals surface area contributed by atoms with E-state index in [9.17, 15) is 9.59 Å². The summed E-state index contributed by atoms with van der Waals surface area (Å²) < 4.78 is 15.5. The van der Waals surface area contributed by atoms with E-state index in [0.717, 1.165) is 0 Å². The van der Waals surface area contributed by atoms with E-state index in [2.05, 4.69) is 0 Å². The monoisotopic (exact) mass is 356 g/mol. The normalized spacial score (nSPS) is 16.8. The molecule has 0 amide bonds. The van der Waals surface area contributed by atoms with E-state index in [4.69, 9.17) is 25.2 Å². The fraction of sp³-hybridized carbons (Fsp3) is 0.316. The van der Waals surface area contributed by atoms with Gasteiger partial charge in [0.05, 0.1) is 36.3 Å². The van der Waals surface area contributed by atoms with Crippen molar-refractivity contribution in [3.8, 4) is 6.07 Å². The lowest BCUT2D eigenvalue weighted by Gasteiger charge is -2.29. The molecule has 1 aromatic rings. The van der Waals surface area contributed by atoms with E-state index in [1.165, 1.54) is 7.11 Å². The summed E-state index contributed by atoms with van der Waals surface area (Å²) in [6.07, 6.45) is -0.353. The van der Waals surface area contributed by atoms with Crippen molar-refractivity contribution in [3.63, 3.8) is 0 Å². The van der Waals surface area contributed by atoms with Gasteiger partial charge in [0, 0.05) is 0 Å². The van der Waals surface area contributed by atoms with Gasteiger partial charge in [0.2, 0.25) is 5.88 Å². The minimum atomic E-state index is -0.824. The molecule has 2 N–H and O–H groups in total. The summed E-state index contributed by atoms with van der Waals surface area (Å²) in [7, 11) is 1.22. The van der Waals surface area contributed by atoms with Crippen molar-refractivity contribution in [3.05, 3.63) is 58.2 Å². The maximum absolute atomic E-state index is 12.7. The average molecular weight is 356 g/mol. The molecule has 1 aromatic carbocycles. The van der Waals surface area contributed by atoms with E-state index in [-0.39, 0.29) is 28.9 Å². The van der Waals surface area contributed by atoms with E-state index in [1.807, 2.05) is 6.07 Å². The number of benzene rings is 1. The Labute approximate surface area is 151 Å². The summed E-state index contributed by atoms with van der Waals surface area (Å²) in [5.41, 5.74) is 7.13. The summed E-state index contributed by atoms with van der Waals surface area (Å²) in [5, 5.41) is 8.98. The van der Waals surface area contributed by atoms with Gasteiger partial charge in [0.1, 0.15) is 11.3 Å². The summed E-state index contributed by atoms with van der Waals surface area (Å²) in [4.78, 5) is 25.0. The molecule has 7 heteroatoms. The van der Waals surface area contributed by atoms with Crippen molar-refractivity contribution in [2.45, 2.75) is 32.8 Å². The Hall–Kier alpha value is -3.27. The molecule has 136 valence electrons. The predicted molar refractivity (Wildman–Crippen MR) is 92.1 cm³/mol. The van der Waals surface area contributed by atoms with Crippen LogP contribution in [0.1, 0.15) is 37.8 Å². The predicted octanol–water partition coefficient (Wildman–Crippen LogP) is 2.24. The molecule has 7 nitrogen and oxygen atoms in total. The van der Waals surface area contributed by atoms with Crippen LogP contribution in [-0.4, -0.2) is 25.2 Å². The average Bonchev–Trinajstić information content (AvgIpc) is 2.59. The Kier molecular flexibility index (Phi) is 5.68. The van der Waals surface area contributed by atoms with Crippen LogP contribution in [0.5, 0.6) is 0 Å². The standard InChI is InChI=1S/C19H20N2O5/c1-10(2)25-19(23)14-11(3)26-17(21)16(18(22)24-4)15(14)13-7-5-12(9-20)6-8-13/h5-8,10,15H,21H2,1-4H3. The number of ether oxygens (including phenoxy) is 3. The molecular formula is C19H20N2O5. The number of hydrogen-bond acceptors (Lipinski definition) is 7. The van der Waals surface area contributed by atoms with Gasteiger partial charge in [0.15, 0.2) is 0 Å². The van der Waals surface area contributed by atoms with Gasteiger partial charge in [-0.1, -0.05) is 12.1 Å². The Bertz CT molecular complexity index is 828. The molecular weight excluding hydrogens is 336 g/mol. The Balaban J connectivity index is 2.63. The quantitative estimate of drug-likeness (QED) is 0.823. The number of nitrogens with two attached hydrogens (primary N) is 1. The van der Waals surface area contributed by atoms with Crippen molar-refractivity contribution < 1.29 is 23.8 Å². The second-order valence-electron chi connectivity index (χ2n) is 5.96. The van der Waals surface area contributed by atoms with Gasteiger partial charge in [-0.3, -0.25) is 0 Å². The first-order valence-corrected chi connectivity index (χ1v) is 7.97. The van der Waals surface area contributed by atoms with Crippen LogP contribution in [0.25, 0.3) is 0 Å². The van der Waals surface area contributed by atoms with Gasteiger partial charge < -0.3 is 19.9 Å². The number of nitrogens with zero attached hydrogens (tertiary/aromatic N) is 1. The smallest absolute Gasteiger partial charge is 0.340 e. The zero-order valence-corrected chi connectivity index (χ0v) is 15.0. The highest BCUT2D eigenvalue weighted by Gasteiger charge is 2.40. The van der Waals surface area contributed by atoms with E-state index < -0.39 is 17.9 Å². The first-order chi connectivity index (χ1) is 12.3. The third-order valence-electron chi connectivity index (χ3n) is 3.83. The SMILES string of the molecule is COC(=O)C1=C(N)OC(C)=C(C(=O)OC(C)C)C1c1ccc(C#N)cc1. The Morgan fingerprint density at radius 1 is 1.19 bits per heavy atom. The molecule has 1 unspecified atom stereocenters. The third kappa shape index (κ3) is 3.70. The number of methoxy groups -OCH3 is 1. The number of carbonyl (C=O) groups is 2. The molecule has 0 fully saturated rings. The summed E-state index contributed by atoms with van der Waals surface area (Å²) in [6, 6.07) is 8.52. The van der Waals surface area contributed by atoms with Crippen LogP contribution in [0.3, 0.4) is 0 Å². The second-order valence-corrected chi connectivity index (χ2v) is 5.96. The minimum Gasteiger partial charge on any atom is -0.465 e. The second kappa shape index (κ2) is 7.74. The van der Waals surface area contributed by atoms with Crippen LogP contribution in [0.4, 0.5) is 0 Å². The van der Waals surface area contributed by atoms with Crippen LogP contribution in [0.2, 0.25) is 0 Å². The molecule has 1 atom stereocenters. The summed E-state index contributed by atoms with van der Waals surface area (Å²) in [5.74, 6) is -2.03. The molecule has 0 saturated carbocycles. The maximum Gasteiger partial charge on any atom is 0.340 e. The Morgan fingerprint density at radius 3 is 2.31 bits per heavy atom. The van der Waals surface area contributed by atoms with Crippen LogP contribution in [-0.2, 0) is 23.8 Å². The largest absolute Gasteiger partial charge is 0.465 e. The highest BCUT2D eigenvalue weighted by molar-refractivity contribution is 5.99. The van der Waals surface area contributed by atoms with Crippen molar-refractivity contribution in [2.75, 3.05) is 7.11 Å². The number of nitriles is 1. The molecule has 0 saturated heterocycles. The lowest BCUT2D eigenvalue weighted by molar-refractivity contribution is -0.143. The van der Waals surface area contributed by atoms with E-state index >= 15 is 0 Å². The minimum absolute atomic E-state index is 0.0125. The van der Waals surface area contributed by atoms with Crippen LogP contribution >= 0.6 is 0 Å². The summed E-state index contributed by atoms with van der Waals surface area (Å²) >= 11 is 0. The van der Waals surface area contributed by atoms with Crippen molar-refractivity contribution in [2.24, 2.45) is 5.73 Å². The van der Waals surface area contributed by atoms with Gasteiger partial charge in [-0.15, -0.1) is 0 Å². The molecule has 0 aliphatic carbocycles. The molecule has 1 heterocycles. The molecule has 0 aromatic heterocycles. The number of hydrogen-bond donors (Lipinski definition) is 1. The highest BCUT2D eigenvalue weighted by atomic mass is 16.5. The Morgan fingerprint density at radius 2 is 1.81 bits per heavy atom. The highest BCUT2D eigenvalue weighted by Crippen LogP contribution is 2.40. The fourth-order valence-electron chi connectivity index (χ4n) is 2.72. The van der Waals surface area contributed by atoms with Gasteiger partial charge in [-0.05, 0) is 38.5 Å². The first kappa shape index (κ1) is 19.1. The first-order valence-electron chi connectivity index (χ1n) is 7.97. The van der Waals surface area contributed by atoms with Crippen molar-refractivity contribution in [1.29, 1.82) is 5.26 Å². The molecule has 26 heavy (non-hydrogen) atoms. The van der Waals surface area contributed by atoms with Crippen LogP contribution in [0.15, 0.2) is 47.1 Å².